The fourth-order valence-electron chi connectivity index (χ4n) is 6.76. The number of nitrogens with zero attached hydrogens (tertiary/aromatic N) is 4. The van der Waals surface area contributed by atoms with Crippen LogP contribution >= 0.6 is 0 Å². The third-order valence-electron chi connectivity index (χ3n) is 9.19. The Morgan fingerprint density at radius 3 is 1.91 bits per heavy atom. The summed E-state index contributed by atoms with van der Waals surface area (Å²) in [6.07, 6.45) is 5.38. The van der Waals surface area contributed by atoms with Gasteiger partial charge in [-0.15, -0.1) is 0 Å². The van der Waals surface area contributed by atoms with Crippen molar-refractivity contribution in [1.82, 2.24) is 19.5 Å². The lowest BCUT2D eigenvalue weighted by molar-refractivity contribution is -0.0656. The van der Waals surface area contributed by atoms with E-state index in [0.717, 1.165) is 29.5 Å². The maximum Gasteiger partial charge on any atom is 0.256 e. The van der Waals surface area contributed by atoms with Crippen LogP contribution in [0.1, 0.15) is 52.9 Å². The van der Waals surface area contributed by atoms with E-state index in [1.807, 2.05) is 42.7 Å². The predicted octanol–water partition coefficient (Wildman–Crippen LogP) is 7.67. The monoisotopic (exact) mass is 593 g/mol. The molecule has 1 N–H and O–H groups in total. The standard InChI is InChI=1S/C38H35N5O2/c1-2-27-23-33(43-26-41-34-35(39-25-40-36(34)43)42-37(44)28-15-7-3-8-16-28)32(27)24-45-38(29-17-9-4-10-18-29,30-19-11-5-12-20-30)31-21-13-6-14-22-31/h3-22,25-27,32-33H,2,23-24H2,1H3,(H,39,40,42,44)/t27-,32+,33+/m0/s1. The van der Waals surface area contributed by atoms with Crippen LogP contribution in [0.15, 0.2) is 134 Å². The van der Waals surface area contributed by atoms with Crippen LogP contribution < -0.4 is 5.32 Å². The van der Waals surface area contributed by atoms with E-state index in [2.05, 4.69) is 105 Å². The van der Waals surface area contributed by atoms with Crippen LogP contribution in [0, 0.1) is 11.8 Å². The van der Waals surface area contributed by atoms with Gasteiger partial charge in [0.1, 0.15) is 11.9 Å². The van der Waals surface area contributed by atoms with Crippen LogP contribution in [0.3, 0.4) is 0 Å². The summed E-state index contributed by atoms with van der Waals surface area (Å²) in [5.41, 5.74) is 4.33. The second-order valence-corrected chi connectivity index (χ2v) is 11.6. The second kappa shape index (κ2) is 12.5. The van der Waals surface area contributed by atoms with Crippen LogP contribution in [0.25, 0.3) is 11.2 Å². The lowest BCUT2D eigenvalue weighted by Crippen LogP contribution is -2.44. The summed E-state index contributed by atoms with van der Waals surface area (Å²) in [6, 6.07) is 40.8. The van der Waals surface area contributed by atoms with Crippen molar-refractivity contribution in [3.63, 3.8) is 0 Å². The summed E-state index contributed by atoms with van der Waals surface area (Å²) in [4.78, 5) is 26.6. The zero-order valence-corrected chi connectivity index (χ0v) is 25.2. The first-order valence-corrected chi connectivity index (χ1v) is 15.5. The molecule has 7 heteroatoms. The lowest BCUT2D eigenvalue weighted by atomic mass is 9.68. The highest BCUT2D eigenvalue weighted by atomic mass is 16.5. The fourth-order valence-corrected chi connectivity index (χ4v) is 6.76. The van der Waals surface area contributed by atoms with E-state index in [1.165, 1.54) is 6.33 Å². The summed E-state index contributed by atoms with van der Waals surface area (Å²) in [5, 5.41) is 2.93. The average Bonchev–Trinajstić information content (AvgIpc) is 3.52. The van der Waals surface area contributed by atoms with Crippen LogP contribution in [0.5, 0.6) is 0 Å². The number of hydrogen-bond donors (Lipinski definition) is 1. The van der Waals surface area contributed by atoms with Gasteiger partial charge in [0.25, 0.3) is 5.91 Å². The number of rotatable bonds is 10. The third-order valence-corrected chi connectivity index (χ3v) is 9.19. The van der Waals surface area contributed by atoms with Crippen LogP contribution in [-0.4, -0.2) is 32.0 Å². The van der Waals surface area contributed by atoms with Crippen LogP contribution in [0.2, 0.25) is 0 Å². The Morgan fingerprint density at radius 2 is 1.36 bits per heavy atom. The van der Waals surface area contributed by atoms with Gasteiger partial charge >= 0.3 is 0 Å². The SMILES string of the molecule is CC[C@H]1C[C@@H](n2cnc3c(NC(=O)c4ccccc4)ncnc32)[C@@H]1COC(c1ccccc1)(c1ccccc1)c1ccccc1. The molecule has 0 spiro atoms. The molecular weight excluding hydrogens is 558 g/mol. The van der Waals surface area contributed by atoms with Crippen molar-refractivity contribution in [2.45, 2.75) is 31.4 Å². The number of benzene rings is 4. The Labute approximate surface area is 263 Å². The molecule has 1 aliphatic rings. The highest BCUT2D eigenvalue weighted by Gasteiger charge is 2.45. The van der Waals surface area contributed by atoms with E-state index in [1.54, 1.807) is 12.1 Å². The van der Waals surface area contributed by atoms with Crippen molar-refractivity contribution in [1.29, 1.82) is 0 Å². The lowest BCUT2D eigenvalue weighted by Gasteiger charge is -2.47. The number of nitrogens with one attached hydrogen (secondary N) is 1. The zero-order valence-electron chi connectivity index (χ0n) is 25.2. The van der Waals surface area contributed by atoms with E-state index in [-0.39, 0.29) is 17.9 Å². The van der Waals surface area contributed by atoms with Crippen molar-refractivity contribution < 1.29 is 9.53 Å². The van der Waals surface area contributed by atoms with Crippen molar-refractivity contribution in [3.05, 3.63) is 156 Å². The molecule has 1 saturated carbocycles. The van der Waals surface area contributed by atoms with Gasteiger partial charge in [0.2, 0.25) is 0 Å². The number of carbonyl (C=O) groups excluding carboxylic acids is 1. The number of hydrogen-bond acceptors (Lipinski definition) is 5. The molecule has 4 aromatic carbocycles. The van der Waals surface area contributed by atoms with E-state index < -0.39 is 5.60 Å². The average molecular weight is 594 g/mol. The van der Waals surface area contributed by atoms with Crippen molar-refractivity contribution in [3.8, 4) is 0 Å². The molecule has 0 unspecified atom stereocenters. The molecule has 7 rings (SSSR count). The van der Waals surface area contributed by atoms with Gasteiger partial charge in [-0.1, -0.05) is 123 Å². The summed E-state index contributed by atoms with van der Waals surface area (Å²) in [7, 11) is 0. The molecule has 0 bridgehead atoms. The van der Waals surface area contributed by atoms with Crippen LogP contribution in [-0.2, 0) is 10.3 Å². The highest BCUT2D eigenvalue weighted by Crippen LogP contribution is 2.49. The molecule has 2 aromatic heterocycles. The maximum atomic E-state index is 12.9. The first-order valence-electron chi connectivity index (χ1n) is 15.5. The molecule has 1 amide bonds. The van der Waals surface area contributed by atoms with Crippen molar-refractivity contribution in [2.24, 2.45) is 11.8 Å². The number of aromatic nitrogens is 4. The van der Waals surface area contributed by atoms with Gasteiger partial charge in [0.15, 0.2) is 17.0 Å². The molecular formula is C38H35N5O2. The van der Waals surface area contributed by atoms with Gasteiger partial charge in [-0.05, 0) is 41.2 Å². The van der Waals surface area contributed by atoms with Crippen LogP contribution in [0.4, 0.5) is 5.82 Å². The van der Waals surface area contributed by atoms with Gasteiger partial charge in [-0.2, -0.15) is 0 Å². The Kier molecular flexibility index (Phi) is 7.92. The summed E-state index contributed by atoms with van der Waals surface area (Å²) >= 11 is 0. The largest absolute Gasteiger partial charge is 0.360 e. The number of amides is 1. The van der Waals surface area contributed by atoms with Gasteiger partial charge < -0.3 is 14.6 Å². The van der Waals surface area contributed by atoms with E-state index in [4.69, 9.17) is 4.74 Å². The van der Waals surface area contributed by atoms with Gasteiger partial charge in [-0.3, -0.25) is 4.79 Å². The molecule has 224 valence electrons. The molecule has 45 heavy (non-hydrogen) atoms. The third kappa shape index (κ3) is 5.29. The van der Waals surface area contributed by atoms with E-state index in [9.17, 15) is 4.79 Å². The van der Waals surface area contributed by atoms with Crippen molar-refractivity contribution in [2.75, 3.05) is 11.9 Å². The Bertz CT molecular complexity index is 1780. The van der Waals surface area contributed by atoms with Gasteiger partial charge in [-0.25, -0.2) is 15.0 Å². The molecule has 1 fully saturated rings. The Morgan fingerprint density at radius 1 is 0.800 bits per heavy atom. The topological polar surface area (TPSA) is 81.9 Å². The number of anilines is 1. The molecule has 6 aromatic rings. The summed E-state index contributed by atoms with van der Waals surface area (Å²) in [6.45, 7) is 2.79. The molecule has 0 radical (unpaired) electrons. The minimum atomic E-state index is -0.781. The minimum Gasteiger partial charge on any atom is -0.360 e. The zero-order chi connectivity index (χ0) is 30.6. The normalized spacial score (nSPS) is 17.9. The highest BCUT2D eigenvalue weighted by molar-refractivity contribution is 6.06. The minimum absolute atomic E-state index is 0.146. The molecule has 0 saturated heterocycles. The molecule has 0 aliphatic heterocycles. The number of ether oxygens (including phenoxy) is 1. The number of fused-ring (bicyclic) bond motifs is 1. The predicted molar refractivity (Wildman–Crippen MR) is 176 cm³/mol. The Hall–Kier alpha value is -5.14. The van der Waals surface area contributed by atoms with E-state index >= 15 is 0 Å². The second-order valence-electron chi connectivity index (χ2n) is 11.6. The quantitative estimate of drug-likeness (QED) is 0.165. The maximum absolute atomic E-state index is 12.9. The number of imidazole rings is 1. The summed E-state index contributed by atoms with van der Waals surface area (Å²) in [5.74, 6) is 0.903. The number of carbonyl (C=O) groups is 1. The molecule has 3 atom stereocenters. The first-order chi connectivity index (χ1) is 22.2. The fraction of sp³-hybridized carbons (Fsp3) is 0.211. The van der Waals surface area contributed by atoms with Gasteiger partial charge in [0, 0.05) is 17.5 Å². The smallest absolute Gasteiger partial charge is 0.256 e. The van der Waals surface area contributed by atoms with Gasteiger partial charge in [0.05, 0.1) is 12.9 Å². The molecule has 2 heterocycles. The summed E-state index contributed by atoms with van der Waals surface area (Å²) < 4.78 is 9.41. The first kappa shape index (κ1) is 28.6. The van der Waals surface area contributed by atoms with E-state index in [0.29, 0.717) is 35.1 Å². The van der Waals surface area contributed by atoms with Crippen molar-refractivity contribution >= 4 is 22.9 Å². The molecule has 7 nitrogen and oxygen atoms in total. The Balaban J connectivity index is 1.22. The molecule has 1 aliphatic carbocycles.